The molecule has 2 aromatic carbocycles. The first-order chi connectivity index (χ1) is 13.6. The Kier molecular flexibility index (Phi) is 6.74. The summed E-state index contributed by atoms with van der Waals surface area (Å²) < 4.78 is 27.2. The number of halogens is 2. The molecule has 3 rings (SSSR count). The SMILES string of the molecule is CCCCCCCC(Nn1cncn1)(c1ccc(F)cc1)c1ccc(F)cc1. The van der Waals surface area contributed by atoms with E-state index in [1.807, 2.05) is 0 Å². The van der Waals surface area contributed by atoms with Crippen LogP contribution in [-0.2, 0) is 5.54 Å². The molecule has 0 fully saturated rings. The lowest BCUT2D eigenvalue weighted by molar-refractivity contribution is 0.434. The predicted octanol–water partition coefficient (Wildman–Crippen LogP) is 5.40. The molecule has 148 valence electrons. The van der Waals surface area contributed by atoms with Crippen LogP contribution in [-0.4, -0.2) is 14.9 Å². The number of benzene rings is 2. The van der Waals surface area contributed by atoms with Gasteiger partial charge in [0.1, 0.15) is 29.8 Å². The van der Waals surface area contributed by atoms with E-state index < -0.39 is 5.54 Å². The maximum absolute atomic E-state index is 13.6. The molecule has 0 aliphatic carbocycles. The molecule has 1 aromatic heterocycles. The topological polar surface area (TPSA) is 42.7 Å². The van der Waals surface area contributed by atoms with E-state index in [1.165, 1.54) is 49.9 Å². The van der Waals surface area contributed by atoms with E-state index >= 15 is 0 Å². The number of hydrogen-bond acceptors (Lipinski definition) is 3. The largest absolute Gasteiger partial charge is 0.293 e. The van der Waals surface area contributed by atoms with Crippen molar-refractivity contribution in [3.63, 3.8) is 0 Å². The number of nitrogens with zero attached hydrogens (tertiary/aromatic N) is 3. The highest BCUT2D eigenvalue weighted by molar-refractivity contribution is 5.41. The van der Waals surface area contributed by atoms with Crippen molar-refractivity contribution in [2.24, 2.45) is 0 Å². The van der Waals surface area contributed by atoms with Gasteiger partial charge in [-0.1, -0.05) is 63.3 Å². The zero-order valence-corrected chi connectivity index (χ0v) is 16.1. The van der Waals surface area contributed by atoms with E-state index in [0.29, 0.717) is 0 Å². The van der Waals surface area contributed by atoms with E-state index in [4.69, 9.17) is 0 Å². The van der Waals surface area contributed by atoms with Gasteiger partial charge in [-0.3, -0.25) is 5.43 Å². The van der Waals surface area contributed by atoms with Crippen LogP contribution in [0, 0.1) is 11.6 Å². The van der Waals surface area contributed by atoms with Crippen molar-refractivity contribution in [1.29, 1.82) is 0 Å². The van der Waals surface area contributed by atoms with Crippen molar-refractivity contribution in [2.45, 2.75) is 51.0 Å². The summed E-state index contributed by atoms with van der Waals surface area (Å²) in [6.07, 6.45) is 9.41. The molecule has 0 aliphatic heterocycles. The van der Waals surface area contributed by atoms with Crippen molar-refractivity contribution >= 4 is 0 Å². The molecule has 0 bridgehead atoms. The van der Waals surface area contributed by atoms with Gasteiger partial charge in [0.25, 0.3) is 0 Å². The maximum atomic E-state index is 13.6. The summed E-state index contributed by atoms with van der Waals surface area (Å²) in [5.41, 5.74) is 4.54. The summed E-state index contributed by atoms with van der Waals surface area (Å²) in [6.45, 7) is 2.19. The van der Waals surface area contributed by atoms with Crippen LogP contribution in [0.25, 0.3) is 0 Å². The van der Waals surface area contributed by atoms with Gasteiger partial charge in [0, 0.05) is 0 Å². The van der Waals surface area contributed by atoms with Gasteiger partial charge >= 0.3 is 0 Å². The first-order valence-corrected chi connectivity index (χ1v) is 9.79. The Hall–Kier alpha value is -2.76. The van der Waals surface area contributed by atoms with Gasteiger partial charge in [-0.25, -0.2) is 13.8 Å². The molecule has 0 unspecified atom stereocenters. The third-order valence-electron chi connectivity index (χ3n) is 5.05. The summed E-state index contributed by atoms with van der Waals surface area (Å²) in [5, 5.41) is 4.19. The van der Waals surface area contributed by atoms with Crippen LogP contribution < -0.4 is 5.43 Å². The monoisotopic (exact) mass is 384 g/mol. The normalized spacial score (nSPS) is 11.5. The zero-order valence-electron chi connectivity index (χ0n) is 16.1. The van der Waals surface area contributed by atoms with Gasteiger partial charge in [0.05, 0.1) is 0 Å². The van der Waals surface area contributed by atoms with Crippen LogP contribution >= 0.6 is 0 Å². The minimum atomic E-state index is -0.679. The van der Waals surface area contributed by atoms with E-state index in [1.54, 1.807) is 35.4 Å². The van der Waals surface area contributed by atoms with E-state index in [9.17, 15) is 8.78 Å². The summed E-state index contributed by atoms with van der Waals surface area (Å²) in [7, 11) is 0. The minimum Gasteiger partial charge on any atom is -0.293 e. The first-order valence-electron chi connectivity index (χ1n) is 9.79. The summed E-state index contributed by atoms with van der Waals surface area (Å²) in [6, 6.07) is 12.9. The Balaban J connectivity index is 2.01. The van der Waals surface area contributed by atoms with Crippen molar-refractivity contribution in [2.75, 3.05) is 5.43 Å². The number of rotatable bonds is 10. The molecular formula is C22H26F2N4. The molecule has 0 atom stereocenters. The number of nitrogens with one attached hydrogen (secondary N) is 1. The maximum Gasteiger partial charge on any atom is 0.139 e. The van der Waals surface area contributed by atoms with Gasteiger partial charge in [-0.2, -0.15) is 4.79 Å². The minimum absolute atomic E-state index is 0.291. The Bertz CT molecular complexity index is 784. The third kappa shape index (κ3) is 4.74. The van der Waals surface area contributed by atoms with Crippen molar-refractivity contribution in [3.05, 3.63) is 83.9 Å². The average molecular weight is 384 g/mol. The highest BCUT2D eigenvalue weighted by atomic mass is 19.1. The lowest BCUT2D eigenvalue weighted by atomic mass is 9.79. The number of unbranched alkanes of at least 4 members (excludes halogenated alkanes) is 4. The Labute approximate surface area is 164 Å². The standard InChI is InChI=1S/C22H26F2N4/c1-2-3-4-5-6-15-22(27-28-17-25-16-26-28,18-7-11-20(23)12-8-18)19-9-13-21(24)14-10-19/h7-14,16-17,27H,2-6,15H2,1H3. The second kappa shape index (κ2) is 9.44. The smallest absolute Gasteiger partial charge is 0.139 e. The second-order valence-electron chi connectivity index (χ2n) is 7.04. The third-order valence-corrected chi connectivity index (χ3v) is 5.05. The average Bonchev–Trinajstić information content (AvgIpc) is 3.21. The van der Waals surface area contributed by atoms with Gasteiger partial charge in [-0.15, -0.1) is 5.10 Å². The van der Waals surface area contributed by atoms with Crippen LogP contribution in [0.5, 0.6) is 0 Å². The Morgan fingerprint density at radius 2 is 1.43 bits per heavy atom. The van der Waals surface area contributed by atoms with Crippen LogP contribution in [0.15, 0.2) is 61.2 Å². The van der Waals surface area contributed by atoms with Gasteiger partial charge in [0.2, 0.25) is 0 Å². The molecule has 0 saturated heterocycles. The highest BCUT2D eigenvalue weighted by Gasteiger charge is 2.34. The molecule has 0 saturated carbocycles. The number of hydrogen-bond donors (Lipinski definition) is 1. The summed E-state index contributed by atoms with van der Waals surface area (Å²) >= 11 is 0. The Morgan fingerprint density at radius 1 is 0.857 bits per heavy atom. The molecule has 0 amide bonds. The molecule has 3 aromatic rings. The lowest BCUT2D eigenvalue weighted by Crippen LogP contribution is -2.42. The molecule has 0 radical (unpaired) electrons. The van der Waals surface area contributed by atoms with Crippen LogP contribution in [0.3, 0.4) is 0 Å². The zero-order chi connectivity index (χ0) is 19.8. The molecule has 1 heterocycles. The van der Waals surface area contributed by atoms with Crippen LogP contribution in [0.4, 0.5) is 8.78 Å². The molecule has 4 nitrogen and oxygen atoms in total. The molecule has 0 spiro atoms. The Morgan fingerprint density at radius 3 is 1.93 bits per heavy atom. The summed E-state index contributed by atoms with van der Waals surface area (Å²) in [5.74, 6) is -0.582. The number of aromatic nitrogens is 3. The van der Waals surface area contributed by atoms with E-state index in [2.05, 4.69) is 22.4 Å². The second-order valence-corrected chi connectivity index (χ2v) is 7.04. The molecule has 6 heteroatoms. The van der Waals surface area contributed by atoms with Gasteiger partial charge in [-0.05, 0) is 41.8 Å². The quantitative estimate of drug-likeness (QED) is 0.476. The fraction of sp³-hybridized carbons (Fsp3) is 0.364. The van der Waals surface area contributed by atoms with Crippen molar-refractivity contribution in [1.82, 2.24) is 14.9 Å². The van der Waals surface area contributed by atoms with E-state index in [-0.39, 0.29) is 11.6 Å². The molecular weight excluding hydrogens is 358 g/mol. The van der Waals surface area contributed by atoms with Gasteiger partial charge < -0.3 is 0 Å². The first kappa shape index (κ1) is 20.0. The van der Waals surface area contributed by atoms with E-state index in [0.717, 1.165) is 30.4 Å². The van der Waals surface area contributed by atoms with Gasteiger partial charge in [0.15, 0.2) is 0 Å². The molecule has 1 N–H and O–H groups in total. The molecule has 0 aliphatic rings. The fourth-order valence-corrected chi connectivity index (χ4v) is 3.56. The van der Waals surface area contributed by atoms with Crippen LogP contribution in [0.2, 0.25) is 0 Å². The van der Waals surface area contributed by atoms with Crippen LogP contribution in [0.1, 0.15) is 56.6 Å². The lowest BCUT2D eigenvalue weighted by Gasteiger charge is -2.36. The van der Waals surface area contributed by atoms with Crippen molar-refractivity contribution < 1.29 is 8.78 Å². The summed E-state index contributed by atoms with van der Waals surface area (Å²) in [4.78, 5) is 5.57. The van der Waals surface area contributed by atoms with Crippen molar-refractivity contribution in [3.8, 4) is 0 Å². The molecule has 28 heavy (non-hydrogen) atoms. The predicted molar refractivity (Wildman–Crippen MR) is 106 cm³/mol. The highest BCUT2D eigenvalue weighted by Crippen LogP contribution is 2.36. The fourth-order valence-electron chi connectivity index (χ4n) is 3.56.